The number of benzene rings is 1. The smallest absolute Gasteiger partial charge is 0.193 e. The van der Waals surface area contributed by atoms with Crippen molar-refractivity contribution >= 4 is 29.9 Å². The number of aliphatic imine (C=N–C) groups is 1. The van der Waals surface area contributed by atoms with Crippen LogP contribution in [-0.2, 0) is 27.4 Å². The number of hydrogen-bond donors (Lipinski definition) is 1. The van der Waals surface area contributed by atoms with Crippen molar-refractivity contribution in [2.75, 3.05) is 47.1 Å². The van der Waals surface area contributed by atoms with Gasteiger partial charge >= 0.3 is 0 Å². The molecule has 0 spiro atoms. The summed E-state index contributed by atoms with van der Waals surface area (Å²) < 4.78 is 16.8. The highest BCUT2D eigenvalue weighted by Crippen LogP contribution is 2.18. The highest BCUT2D eigenvalue weighted by molar-refractivity contribution is 14.0. The summed E-state index contributed by atoms with van der Waals surface area (Å²) in [5.41, 5.74) is 2.47. The minimum absolute atomic E-state index is 0. The third kappa shape index (κ3) is 8.69. The zero-order chi connectivity index (χ0) is 20.3. The summed E-state index contributed by atoms with van der Waals surface area (Å²) in [6.07, 6.45) is 5.91. The second-order valence-corrected chi connectivity index (χ2v) is 8.11. The van der Waals surface area contributed by atoms with Crippen LogP contribution in [0.15, 0.2) is 29.3 Å². The molecule has 6 nitrogen and oxygen atoms in total. The van der Waals surface area contributed by atoms with Crippen LogP contribution >= 0.6 is 24.0 Å². The summed E-state index contributed by atoms with van der Waals surface area (Å²) in [5, 5.41) is 3.48. The largest absolute Gasteiger partial charge is 0.381 e. The molecule has 1 N–H and O–H groups in total. The second kappa shape index (κ2) is 14.2. The molecular formula is C23H38IN3O3. The Morgan fingerprint density at radius 3 is 2.27 bits per heavy atom. The van der Waals surface area contributed by atoms with Gasteiger partial charge in [-0.15, -0.1) is 24.0 Å². The zero-order valence-electron chi connectivity index (χ0n) is 18.5. The Hall–Kier alpha value is -0.900. The summed E-state index contributed by atoms with van der Waals surface area (Å²) >= 11 is 0. The summed E-state index contributed by atoms with van der Waals surface area (Å²) in [4.78, 5) is 6.67. The Morgan fingerprint density at radius 2 is 1.63 bits per heavy atom. The Morgan fingerprint density at radius 1 is 1.03 bits per heavy atom. The Labute approximate surface area is 198 Å². The molecule has 2 heterocycles. The third-order valence-corrected chi connectivity index (χ3v) is 5.91. The maximum absolute atomic E-state index is 6.00. The van der Waals surface area contributed by atoms with Gasteiger partial charge in [0, 0.05) is 53.6 Å². The van der Waals surface area contributed by atoms with Crippen LogP contribution in [0.2, 0.25) is 0 Å². The van der Waals surface area contributed by atoms with Gasteiger partial charge in [0.2, 0.25) is 0 Å². The van der Waals surface area contributed by atoms with Crippen LogP contribution in [0.25, 0.3) is 0 Å². The maximum atomic E-state index is 6.00. The fraction of sp³-hybridized carbons (Fsp3) is 0.696. The number of nitrogens with zero attached hydrogens (tertiary/aromatic N) is 2. The number of hydrogen-bond acceptors (Lipinski definition) is 4. The molecule has 0 radical (unpaired) electrons. The molecule has 1 aromatic rings. The summed E-state index contributed by atoms with van der Waals surface area (Å²) in [7, 11) is 3.97. The van der Waals surface area contributed by atoms with E-state index < -0.39 is 0 Å². The average molecular weight is 531 g/mol. The van der Waals surface area contributed by atoms with Crippen molar-refractivity contribution in [3.05, 3.63) is 35.4 Å². The highest BCUT2D eigenvalue weighted by atomic mass is 127. The van der Waals surface area contributed by atoms with E-state index in [-0.39, 0.29) is 24.0 Å². The second-order valence-electron chi connectivity index (χ2n) is 8.11. The molecule has 2 aliphatic heterocycles. The van der Waals surface area contributed by atoms with Gasteiger partial charge in [0.05, 0.1) is 12.7 Å². The van der Waals surface area contributed by atoms with Crippen LogP contribution < -0.4 is 5.32 Å². The number of halogens is 1. The van der Waals surface area contributed by atoms with E-state index in [9.17, 15) is 0 Å². The van der Waals surface area contributed by atoms with Gasteiger partial charge in [-0.25, -0.2) is 0 Å². The van der Waals surface area contributed by atoms with E-state index in [2.05, 4.69) is 46.5 Å². The van der Waals surface area contributed by atoms with Crippen molar-refractivity contribution in [1.29, 1.82) is 0 Å². The maximum Gasteiger partial charge on any atom is 0.193 e. The van der Waals surface area contributed by atoms with Crippen LogP contribution in [-0.4, -0.2) is 64.0 Å². The zero-order valence-corrected chi connectivity index (χ0v) is 20.8. The Balaban J connectivity index is 0.00000320. The van der Waals surface area contributed by atoms with E-state index in [0.29, 0.717) is 12.7 Å². The fourth-order valence-electron chi connectivity index (χ4n) is 3.89. The van der Waals surface area contributed by atoms with Gasteiger partial charge in [-0.2, -0.15) is 0 Å². The van der Waals surface area contributed by atoms with Crippen molar-refractivity contribution in [1.82, 2.24) is 10.2 Å². The lowest BCUT2D eigenvalue weighted by molar-refractivity contribution is -0.0390. The number of guanidine groups is 1. The lowest BCUT2D eigenvalue weighted by Crippen LogP contribution is -2.39. The predicted molar refractivity (Wildman–Crippen MR) is 131 cm³/mol. The van der Waals surface area contributed by atoms with E-state index in [0.717, 1.165) is 64.2 Å². The van der Waals surface area contributed by atoms with E-state index in [1.54, 1.807) is 0 Å². The standard InChI is InChI=1S/C23H37N3O3.HI/c1-24-23(26(2)12-7-19-8-13-27-14-9-19)25-17-20-3-5-21(6-4-20)18-29-22-10-15-28-16-11-22;/h3-6,19,22H,7-18H2,1-2H3,(H,24,25);1H. The first-order valence-electron chi connectivity index (χ1n) is 11.0. The minimum atomic E-state index is 0. The van der Waals surface area contributed by atoms with Crippen molar-refractivity contribution in [2.45, 2.75) is 51.4 Å². The van der Waals surface area contributed by atoms with Crippen molar-refractivity contribution in [3.8, 4) is 0 Å². The Kier molecular flexibility index (Phi) is 12.0. The normalized spacial score (nSPS) is 18.7. The monoisotopic (exact) mass is 531 g/mol. The number of ether oxygens (including phenoxy) is 3. The van der Waals surface area contributed by atoms with E-state index >= 15 is 0 Å². The molecule has 7 heteroatoms. The van der Waals surface area contributed by atoms with Gasteiger partial charge in [0.15, 0.2) is 5.96 Å². The van der Waals surface area contributed by atoms with Gasteiger partial charge in [-0.1, -0.05) is 24.3 Å². The summed E-state index contributed by atoms with van der Waals surface area (Å²) in [6.45, 7) is 5.94. The van der Waals surface area contributed by atoms with E-state index in [4.69, 9.17) is 14.2 Å². The molecule has 170 valence electrons. The van der Waals surface area contributed by atoms with Crippen LogP contribution in [0.3, 0.4) is 0 Å². The molecule has 0 unspecified atom stereocenters. The van der Waals surface area contributed by atoms with Gasteiger partial charge in [0.1, 0.15) is 0 Å². The van der Waals surface area contributed by atoms with Crippen molar-refractivity contribution in [3.63, 3.8) is 0 Å². The summed E-state index contributed by atoms with van der Waals surface area (Å²) in [5.74, 6) is 1.73. The molecule has 0 bridgehead atoms. The molecular weight excluding hydrogens is 493 g/mol. The molecule has 2 aliphatic rings. The van der Waals surface area contributed by atoms with Gasteiger partial charge < -0.3 is 24.4 Å². The average Bonchev–Trinajstić information content (AvgIpc) is 2.79. The van der Waals surface area contributed by atoms with Crippen LogP contribution in [0.1, 0.15) is 43.2 Å². The molecule has 0 aliphatic carbocycles. The first kappa shape index (κ1) is 25.4. The Bertz CT molecular complexity index is 615. The fourth-order valence-corrected chi connectivity index (χ4v) is 3.89. The molecule has 0 amide bonds. The van der Waals surface area contributed by atoms with Crippen LogP contribution in [0.4, 0.5) is 0 Å². The van der Waals surface area contributed by atoms with Crippen molar-refractivity contribution < 1.29 is 14.2 Å². The lowest BCUT2D eigenvalue weighted by Gasteiger charge is -2.27. The molecule has 0 aromatic heterocycles. The number of rotatable bonds is 8. The van der Waals surface area contributed by atoms with Gasteiger partial charge in [0.25, 0.3) is 0 Å². The highest BCUT2D eigenvalue weighted by Gasteiger charge is 2.16. The van der Waals surface area contributed by atoms with Crippen molar-refractivity contribution in [2.24, 2.45) is 10.9 Å². The minimum Gasteiger partial charge on any atom is -0.381 e. The van der Waals surface area contributed by atoms with Gasteiger partial charge in [-0.3, -0.25) is 4.99 Å². The molecule has 30 heavy (non-hydrogen) atoms. The molecule has 2 saturated heterocycles. The third-order valence-electron chi connectivity index (χ3n) is 5.91. The van der Waals surface area contributed by atoms with Crippen LogP contribution in [0, 0.1) is 5.92 Å². The number of nitrogens with one attached hydrogen (secondary N) is 1. The first-order valence-corrected chi connectivity index (χ1v) is 11.0. The molecule has 0 saturated carbocycles. The molecule has 0 atom stereocenters. The van der Waals surface area contributed by atoms with E-state index in [1.165, 1.54) is 30.4 Å². The topological polar surface area (TPSA) is 55.3 Å². The van der Waals surface area contributed by atoms with Gasteiger partial charge in [-0.05, 0) is 49.1 Å². The van der Waals surface area contributed by atoms with E-state index in [1.807, 2.05) is 7.05 Å². The molecule has 2 fully saturated rings. The molecule has 1 aromatic carbocycles. The SMILES string of the molecule is CN=C(NCc1ccc(COC2CCOCC2)cc1)N(C)CCC1CCOCC1.I. The lowest BCUT2D eigenvalue weighted by atomic mass is 9.96. The van der Waals surface area contributed by atoms with Crippen LogP contribution in [0.5, 0.6) is 0 Å². The molecule has 3 rings (SSSR count). The first-order chi connectivity index (χ1) is 14.2. The summed E-state index contributed by atoms with van der Waals surface area (Å²) in [6, 6.07) is 8.66. The quantitative estimate of drug-likeness (QED) is 0.314. The predicted octanol–water partition coefficient (Wildman–Crippen LogP) is 3.82.